The number of benzene rings is 1. The minimum atomic E-state index is -0.926. The van der Waals surface area contributed by atoms with Gasteiger partial charge < -0.3 is 10.2 Å². The van der Waals surface area contributed by atoms with E-state index in [-0.39, 0.29) is 18.7 Å². The molecule has 1 unspecified atom stereocenters. The molecule has 0 aromatic heterocycles. The summed E-state index contributed by atoms with van der Waals surface area (Å²) in [5.74, 6) is -1.15. The first-order valence-electron chi connectivity index (χ1n) is 12.0. The van der Waals surface area contributed by atoms with Crippen LogP contribution in [0, 0.1) is 5.92 Å². The van der Waals surface area contributed by atoms with E-state index in [2.05, 4.69) is 20.4 Å². The molecule has 0 bridgehead atoms. The quantitative estimate of drug-likeness (QED) is 0.637. The molecule has 5 aliphatic rings. The van der Waals surface area contributed by atoms with Crippen LogP contribution in [-0.4, -0.2) is 84.3 Å². The number of imide groups is 2. The molecule has 1 aromatic rings. The highest BCUT2D eigenvalue weighted by Gasteiger charge is 2.49. The van der Waals surface area contributed by atoms with Gasteiger partial charge in [-0.05, 0) is 49.8 Å². The first kappa shape index (κ1) is 20.8. The number of nitrogens with one attached hydrogen (secondary N) is 2. The molecular formula is C24H29N5O4. The number of piperidine rings is 2. The lowest BCUT2D eigenvalue weighted by Crippen LogP contribution is -2.76. The Hall–Kier alpha value is -2.78. The van der Waals surface area contributed by atoms with E-state index in [1.807, 2.05) is 6.07 Å². The summed E-state index contributed by atoms with van der Waals surface area (Å²) in [7, 11) is 0. The van der Waals surface area contributed by atoms with Gasteiger partial charge in [-0.25, -0.2) is 0 Å². The highest BCUT2D eigenvalue weighted by atomic mass is 16.2. The van der Waals surface area contributed by atoms with Crippen LogP contribution in [-0.2, 0) is 9.59 Å². The standard InChI is InChI=1S/C24H29N5O4/c30-20-4-3-19(21(31)26-20)29-22(32)17-2-1-16(11-18(17)23(29)33)27-8-5-15(6-9-27)12-28-10-7-24(28)13-25-14-24/h1-2,11,15,19,25H,3-10,12-14H2,(H,26,30,31). The number of likely N-dealkylation sites (tertiary alicyclic amines) is 1. The largest absolute Gasteiger partial charge is 0.371 e. The summed E-state index contributed by atoms with van der Waals surface area (Å²) in [5.41, 5.74) is 2.07. The van der Waals surface area contributed by atoms with E-state index in [0.29, 0.717) is 22.6 Å². The second-order valence-electron chi connectivity index (χ2n) is 10.1. The SMILES string of the molecule is O=C1CCC(N2C(=O)c3ccc(N4CCC(CN5CCC56CNC6)CC4)cc3C2=O)C(=O)N1. The molecule has 33 heavy (non-hydrogen) atoms. The molecule has 5 heterocycles. The van der Waals surface area contributed by atoms with E-state index in [9.17, 15) is 19.2 Å². The first-order chi connectivity index (χ1) is 15.9. The molecule has 1 spiro atoms. The number of nitrogens with zero attached hydrogens (tertiary/aromatic N) is 3. The zero-order chi connectivity index (χ0) is 22.7. The zero-order valence-corrected chi connectivity index (χ0v) is 18.6. The Bertz CT molecular complexity index is 1040. The van der Waals surface area contributed by atoms with Crippen LogP contribution >= 0.6 is 0 Å². The van der Waals surface area contributed by atoms with E-state index in [1.54, 1.807) is 12.1 Å². The van der Waals surface area contributed by atoms with Crippen LogP contribution in [0.5, 0.6) is 0 Å². The fraction of sp³-hybridized carbons (Fsp3) is 0.583. The Morgan fingerprint density at radius 3 is 2.33 bits per heavy atom. The van der Waals surface area contributed by atoms with Gasteiger partial charge in [0, 0.05) is 56.9 Å². The number of hydrogen-bond donors (Lipinski definition) is 2. The van der Waals surface area contributed by atoms with Gasteiger partial charge in [0.05, 0.1) is 11.1 Å². The molecule has 0 aliphatic carbocycles. The topological polar surface area (TPSA) is 102 Å². The second kappa shape index (κ2) is 7.63. The molecule has 9 nitrogen and oxygen atoms in total. The summed E-state index contributed by atoms with van der Waals surface area (Å²) in [6.07, 6.45) is 3.85. The summed E-state index contributed by atoms with van der Waals surface area (Å²) in [5, 5.41) is 5.65. The summed E-state index contributed by atoms with van der Waals surface area (Å²) in [6.45, 7) is 6.51. The Morgan fingerprint density at radius 1 is 0.939 bits per heavy atom. The lowest BCUT2D eigenvalue weighted by molar-refractivity contribution is -0.136. The van der Waals surface area contributed by atoms with Crippen molar-refractivity contribution in [1.29, 1.82) is 0 Å². The van der Waals surface area contributed by atoms with E-state index >= 15 is 0 Å². The molecule has 6 rings (SSSR count). The number of carbonyl (C=O) groups excluding carboxylic acids is 4. The van der Waals surface area contributed by atoms with Gasteiger partial charge in [0.2, 0.25) is 11.8 Å². The average Bonchev–Trinajstić information content (AvgIpc) is 3.01. The number of hydrogen-bond acceptors (Lipinski definition) is 7. The molecule has 9 heteroatoms. The van der Waals surface area contributed by atoms with Crippen molar-refractivity contribution in [3.63, 3.8) is 0 Å². The van der Waals surface area contributed by atoms with Gasteiger partial charge in [-0.2, -0.15) is 0 Å². The summed E-state index contributed by atoms with van der Waals surface area (Å²) >= 11 is 0. The normalized spacial score (nSPS) is 27.5. The highest BCUT2D eigenvalue weighted by Crippen LogP contribution is 2.37. The lowest BCUT2D eigenvalue weighted by atomic mass is 9.78. The molecule has 5 aliphatic heterocycles. The maximum absolute atomic E-state index is 13.1. The second-order valence-corrected chi connectivity index (χ2v) is 10.1. The Kier molecular flexibility index (Phi) is 4.81. The smallest absolute Gasteiger partial charge is 0.262 e. The maximum atomic E-state index is 13.1. The van der Waals surface area contributed by atoms with E-state index < -0.39 is 23.8 Å². The Balaban J connectivity index is 1.12. The molecule has 0 saturated carbocycles. The van der Waals surface area contributed by atoms with Crippen LogP contribution in [0.25, 0.3) is 0 Å². The van der Waals surface area contributed by atoms with Crippen LogP contribution in [0.1, 0.15) is 52.8 Å². The number of fused-ring (bicyclic) bond motifs is 1. The van der Waals surface area contributed by atoms with Crippen molar-refractivity contribution in [2.45, 2.75) is 43.7 Å². The number of amides is 4. The molecule has 2 N–H and O–H groups in total. The van der Waals surface area contributed by atoms with E-state index in [1.165, 1.54) is 19.5 Å². The van der Waals surface area contributed by atoms with Crippen molar-refractivity contribution in [2.75, 3.05) is 44.2 Å². The van der Waals surface area contributed by atoms with E-state index in [4.69, 9.17) is 0 Å². The highest BCUT2D eigenvalue weighted by molar-refractivity contribution is 6.23. The summed E-state index contributed by atoms with van der Waals surface area (Å²) in [4.78, 5) is 55.7. The lowest BCUT2D eigenvalue weighted by Gasteiger charge is -2.60. The molecule has 4 fully saturated rings. The van der Waals surface area contributed by atoms with E-state index in [0.717, 1.165) is 49.6 Å². The monoisotopic (exact) mass is 451 g/mol. The number of anilines is 1. The zero-order valence-electron chi connectivity index (χ0n) is 18.6. The first-order valence-corrected chi connectivity index (χ1v) is 12.0. The average molecular weight is 452 g/mol. The van der Waals surface area contributed by atoms with Crippen LogP contribution in [0.15, 0.2) is 18.2 Å². The van der Waals surface area contributed by atoms with Crippen LogP contribution < -0.4 is 15.5 Å². The van der Waals surface area contributed by atoms with Crippen molar-refractivity contribution in [1.82, 2.24) is 20.4 Å². The summed E-state index contributed by atoms with van der Waals surface area (Å²) in [6, 6.07) is 4.48. The molecular weight excluding hydrogens is 422 g/mol. The fourth-order valence-electron chi connectivity index (χ4n) is 6.03. The molecule has 4 amide bonds. The van der Waals surface area contributed by atoms with Gasteiger partial charge in [0.15, 0.2) is 0 Å². The third-order valence-electron chi connectivity index (χ3n) is 8.31. The van der Waals surface area contributed by atoms with Crippen LogP contribution in [0.2, 0.25) is 0 Å². The molecule has 0 radical (unpaired) electrons. The Morgan fingerprint density at radius 2 is 1.70 bits per heavy atom. The van der Waals surface area contributed by atoms with Crippen LogP contribution in [0.4, 0.5) is 5.69 Å². The predicted molar refractivity (Wildman–Crippen MR) is 120 cm³/mol. The van der Waals surface area contributed by atoms with Crippen molar-refractivity contribution >= 4 is 29.3 Å². The third-order valence-corrected chi connectivity index (χ3v) is 8.31. The van der Waals surface area contributed by atoms with Gasteiger partial charge in [-0.1, -0.05) is 0 Å². The minimum Gasteiger partial charge on any atom is -0.371 e. The fourth-order valence-corrected chi connectivity index (χ4v) is 6.03. The van der Waals surface area contributed by atoms with Crippen LogP contribution in [0.3, 0.4) is 0 Å². The molecule has 1 atom stereocenters. The van der Waals surface area contributed by atoms with Crippen molar-refractivity contribution in [3.05, 3.63) is 29.3 Å². The van der Waals surface area contributed by atoms with Gasteiger partial charge >= 0.3 is 0 Å². The van der Waals surface area contributed by atoms with Crippen molar-refractivity contribution in [3.8, 4) is 0 Å². The van der Waals surface area contributed by atoms with Gasteiger partial charge in [0.25, 0.3) is 11.8 Å². The van der Waals surface area contributed by atoms with Crippen molar-refractivity contribution in [2.24, 2.45) is 5.92 Å². The molecule has 174 valence electrons. The van der Waals surface area contributed by atoms with Gasteiger partial charge in [-0.3, -0.25) is 34.3 Å². The van der Waals surface area contributed by atoms with Crippen molar-refractivity contribution < 1.29 is 19.2 Å². The van der Waals surface area contributed by atoms with Gasteiger partial charge in [-0.15, -0.1) is 0 Å². The molecule has 1 aromatic carbocycles. The number of carbonyl (C=O) groups is 4. The summed E-state index contributed by atoms with van der Waals surface area (Å²) < 4.78 is 0. The Labute approximate surface area is 192 Å². The minimum absolute atomic E-state index is 0.124. The number of rotatable bonds is 4. The third kappa shape index (κ3) is 3.28. The molecule has 4 saturated heterocycles. The maximum Gasteiger partial charge on any atom is 0.262 e. The van der Waals surface area contributed by atoms with Gasteiger partial charge in [0.1, 0.15) is 6.04 Å². The predicted octanol–water partition coefficient (Wildman–Crippen LogP) is 0.352.